The van der Waals surface area contributed by atoms with Crippen molar-refractivity contribution < 1.29 is 28.6 Å². The van der Waals surface area contributed by atoms with Gasteiger partial charge in [0.05, 0.1) is 30.8 Å². The first-order valence-corrected chi connectivity index (χ1v) is 10.2. The second-order valence-corrected chi connectivity index (χ2v) is 7.22. The summed E-state index contributed by atoms with van der Waals surface area (Å²) < 4.78 is 15.9. The molecular formula is C22H25NO6S. The van der Waals surface area contributed by atoms with Gasteiger partial charge < -0.3 is 19.5 Å². The number of anilines is 1. The molecule has 8 heteroatoms. The van der Waals surface area contributed by atoms with Gasteiger partial charge in [0, 0.05) is 6.08 Å². The molecule has 0 saturated carbocycles. The van der Waals surface area contributed by atoms with Gasteiger partial charge in [-0.2, -0.15) is 0 Å². The van der Waals surface area contributed by atoms with Crippen LogP contribution in [0, 0.1) is 6.92 Å². The summed E-state index contributed by atoms with van der Waals surface area (Å²) in [6, 6.07) is 5.31. The quantitative estimate of drug-likeness (QED) is 0.357. The van der Waals surface area contributed by atoms with Crippen LogP contribution < -0.4 is 14.8 Å². The molecular weight excluding hydrogens is 406 g/mol. The summed E-state index contributed by atoms with van der Waals surface area (Å²) in [5.41, 5.74) is 1.45. The first-order valence-electron chi connectivity index (χ1n) is 9.43. The van der Waals surface area contributed by atoms with Gasteiger partial charge in [0.15, 0.2) is 17.3 Å². The fourth-order valence-electron chi connectivity index (χ4n) is 2.77. The number of benzene rings is 1. The zero-order chi connectivity index (χ0) is 22.3. The lowest BCUT2D eigenvalue weighted by molar-refractivity contribution is -0.111. The maximum absolute atomic E-state index is 12.4. The molecule has 0 fully saturated rings. The minimum absolute atomic E-state index is 0.180. The molecule has 0 spiro atoms. The number of rotatable bonds is 9. The second-order valence-electron chi connectivity index (χ2n) is 6.20. The number of Topliss-reactive ketones (excluding diaryl/α,β-unsaturated/α-hetero) is 1. The first kappa shape index (κ1) is 23.2. The summed E-state index contributed by atoms with van der Waals surface area (Å²) >= 11 is 1.06. The number of carbonyl (C=O) groups is 3. The molecule has 0 unspecified atom stereocenters. The van der Waals surface area contributed by atoms with Crippen molar-refractivity contribution in [2.45, 2.75) is 27.7 Å². The van der Waals surface area contributed by atoms with Gasteiger partial charge in [-0.1, -0.05) is 6.07 Å². The molecule has 0 aliphatic heterocycles. The van der Waals surface area contributed by atoms with Crippen LogP contribution in [0.4, 0.5) is 5.00 Å². The van der Waals surface area contributed by atoms with E-state index in [0.29, 0.717) is 28.5 Å². The summed E-state index contributed by atoms with van der Waals surface area (Å²) in [7, 11) is 1.54. The smallest absolute Gasteiger partial charge is 0.341 e. The third kappa shape index (κ3) is 5.48. The van der Waals surface area contributed by atoms with Crippen LogP contribution in [-0.4, -0.2) is 38.0 Å². The van der Waals surface area contributed by atoms with Crippen LogP contribution in [0.5, 0.6) is 11.5 Å². The number of carbonyl (C=O) groups excluding carboxylic acids is 3. The zero-order valence-corrected chi connectivity index (χ0v) is 18.5. The molecule has 0 aliphatic rings. The Morgan fingerprint density at radius 3 is 2.47 bits per heavy atom. The average Bonchev–Trinajstić information content (AvgIpc) is 3.03. The third-order valence-electron chi connectivity index (χ3n) is 4.10. The van der Waals surface area contributed by atoms with Crippen LogP contribution in [0.1, 0.15) is 51.9 Å². The van der Waals surface area contributed by atoms with E-state index in [1.165, 1.54) is 13.0 Å². The first-order chi connectivity index (χ1) is 14.3. The summed E-state index contributed by atoms with van der Waals surface area (Å²) in [6.45, 7) is 7.36. The molecule has 1 N–H and O–H groups in total. The number of ether oxygens (including phenoxy) is 3. The van der Waals surface area contributed by atoms with Crippen molar-refractivity contribution in [2.75, 3.05) is 25.6 Å². The monoisotopic (exact) mass is 431 g/mol. The van der Waals surface area contributed by atoms with Crippen LogP contribution in [0.3, 0.4) is 0 Å². The molecule has 1 aromatic heterocycles. The van der Waals surface area contributed by atoms with Crippen molar-refractivity contribution in [2.24, 2.45) is 0 Å². The van der Waals surface area contributed by atoms with Crippen LogP contribution in [-0.2, 0) is 9.53 Å². The second kappa shape index (κ2) is 10.6. The minimum Gasteiger partial charge on any atom is -0.493 e. The predicted molar refractivity (Wildman–Crippen MR) is 117 cm³/mol. The van der Waals surface area contributed by atoms with E-state index in [2.05, 4.69) is 5.32 Å². The van der Waals surface area contributed by atoms with E-state index in [0.717, 1.165) is 16.9 Å². The normalized spacial score (nSPS) is 10.7. The van der Waals surface area contributed by atoms with Crippen molar-refractivity contribution in [3.05, 3.63) is 45.8 Å². The number of hydrogen-bond acceptors (Lipinski definition) is 7. The van der Waals surface area contributed by atoms with Crippen LogP contribution in [0.25, 0.3) is 6.08 Å². The molecule has 0 saturated heterocycles. The van der Waals surface area contributed by atoms with E-state index in [4.69, 9.17) is 14.2 Å². The van der Waals surface area contributed by atoms with Gasteiger partial charge in [-0.25, -0.2) is 4.79 Å². The van der Waals surface area contributed by atoms with Crippen molar-refractivity contribution in [3.63, 3.8) is 0 Å². The molecule has 0 atom stereocenters. The average molecular weight is 432 g/mol. The van der Waals surface area contributed by atoms with Crippen LogP contribution >= 0.6 is 11.3 Å². The fraction of sp³-hybridized carbons (Fsp3) is 0.318. The standard InChI is InChI=1S/C22H25NO6S/c1-6-28-16-10-8-15(12-17(16)27-5)9-11-18(25)23-21-19(22(26)29-7-2)13(3)20(30-21)14(4)24/h8-12H,6-7H2,1-5H3,(H,23,25). The van der Waals surface area contributed by atoms with Gasteiger partial charge in [0.25, 0.3) is 0 Å². The van der Waals surface area contributed by atoms with Gasteiger partial charge in [-0.15, -0.1) is 11.3 Å². The Kier molecular flexibility index (Phi) is 8.17. The van der Waals surface area contributed by atoms with E-state index in [1.807, 2.05) is 6.92 Å². The van der Waals surface area contributed by atoms with Gasteiger partial charge in [-0.05, 0) is 57.0 Å². The number of thiophene rings is 1. The molecule has 160 valence electrons. The molecule has 1 heterocycles. The highest BCUT2D eigenvalue weighted by atomic mass is 32.1. The molecule has 2 aromatic rings. The SMILES string of the molecule is CCOC(=O)c1c(NC(=O)C=Cc2ccc(OCC)c(OC)c2)sc(C(C)=O)c1C. The van der Waals surface area contributed by atoms with Crippen molar-refractivity contribution in [1.29, 1.82) is 0 Å². The Morgan fingerprint density at radius 1 is 1.13 bits per heavy atom. The Labute approximate surface area is 179 Å². The van der Waals surface area contributed by atoms with Crippen molar-refractivity contribution in [1.82, 2.24) is 0 Å². The number of hydrogen-bond donors (Lipinski definition) is 1. The number of esters is 1. The lowest BCUT2D eigenvalue weighted by Crippen LogP contribution is -2.12. The van der Waals surface area contributed by atoms with Crippen molar-refractivity contribution >= 4 is 40.1 Å². The highest BCUT2D eigenvalue weighted by Crippen LogP contribution is 2.34. The van der Waals surface area contributed by atoms with E-state index in [-0.39, 0.29) is 23.0 Å². The van der Waals surface area contributed by atoms with Crippen LogP contribution in [0.2, 0.25) is 0 Å². The van der Waals surface area contributed by atoms with Crippen molar-refractivity contribution in [3.8, 4) is 11.5 Å². The molecule has 0 radical (unpaired) electrons. The Morgan fingerprint density at radius 2 is 1.87 bits per heavy atom. The topological polar surface area (TPSA) is 90.9 Å². The maximum atomic E-state index is 12.4. The summed E-state index contributed by atoms with van der Waals surface area (Å²) in [5.74, 6) is -0.0184. The number of amides is 1. The molecule has 0 bridgehead atoms. The number of nitrogens with one attached hydrogen (secondary N) is 1. The molecule has 7 nitrogen and oxygen atoms in total. The van der Waals surface area contributed by atoms with E-state index in [1.54, 1.807) is 45.2 Å². The largest absolute Gasteiger partial charge is 0.493 e. The third-order valence-corrected chi connectivity index (χ3v) is 5.41. The van der Waals surface area contributed by atoms with E-state index in [9.17, 15) is 14.4 Å². The fourth-order valence-corrected chi connectivity index (χ4v) is 3.87. The number of ketones is 1. The van der Waals surface area contributed by atoms with Crippen LogP contribution in [0.15, 0.2) is 24.3 Å². The predicted octanol–water partition coefficient (Wildman–Crippen LogP) is 4.50. The molecule has 30 heavy (non-hydrogen) atoms. The Hall–Kier alpha value is -3.13. The lowest BCUT2D eigenvalue weighted by Gasteiger charge is -2.09. The highest BCUT2D eigenvalue weighted by molar-refractivity contribution is 7.18. The Bertz CT molecular complexity index is 976. The maximum Gasteiger partial charge on any atom is 0.341 e. The molecule has 1 aromatic carbocycles. The van der Waals surface area contributed by atoms with E-state index >= 15 is 0 Å². The highest BCUT2D eigenvalue weighted by Gasteiger charge is 2.24. The van der Waals surface area contributed by atoms with E-state index < -0.39 is 11.9 Å². The number of methoxy groups -OCH3 is 1. The lowest BCUT2D eigenvalue weighted by atomic mass is 10.1. The Balaban J connectivity index is 2.24. The van der Waals surface area contributed by atoms with Gasteiger partial charge >= 0.3 is 5.97 Å². The van der Waals surface area contributed by atoms with Gasteiger partial charge in [-0.3, -0.25) is 9.59 Å². The summed E-state index contributed by atoms with van der Waals surface area (Å²) in [5, 5.41) is 2.97. The molecule has 1 amide bonds. The summed E-state index contributed by atoms with van der Waals surface area (Å²) in [6.07, 6.45) is 2.95. The van der Waals surface area contributed by atoms with Gasteiger partial charge in [0.2, 0.25) is 5.91 Å². The molecule has 2 rings (SSSR count). The zero-order valence-electron chi connectivity index (χ0n) is 17.7. The molecule has 0 aliphatic carbocycles. The minimum atomic E-state index is -0.575. The summed E-state index contributed by atoms with van der Waals surface area (Å²) in [4.78, 5) is 37.0. The van der Waals surface area contributed by atoms with Gasteiger partial charge in [0.1, 0.15) is 5.00 Å².